The fourth-order valence-corrected chi connectivity index (χ4v) is 3.90. The summed E-state index contributed by atoms with van der Waals surface area (Å²) in [6.45, 7) is 4.47. The lowest BCUT2D eigenvalue weighted by Gasteiger charge is -2.24. The minimum atomic E-state index is 0. The average molecular weight is 518 g/mol. The van der Waals surface area contributed by atoms with Gasteiger partial charge in [0.2, 0.25) is 11.7 Å². The van der Waals surface area contributed by atoms with Crippen molar-refractivity contribution in [2.45, 2.75) is 19.3 Å². The molecule has 1 atom stereocenters. The topological polar surface area (TPSA) is 75.8 Å². The third-order valence-electron chi connectivity index (χ3n) is 5.33. The Kier molecular flexibility index (Phi) is 7.16. The standard InChI is InChI=1S/C19H24ClN5O2.HI/c1-21-18(25-10-7-19(12-25)8-11-26-13-19)22-9-6-16-23-17(24-27-16)14-2-4-15(20)5-3-14;/h2-5H,6-13H2,1H3,(H,21,22);1H. The molecule has 9 heteroatoms. The summed E-state index contributed by atoms with van der Waals surface area (Å²) >= 11 is 5.92. The zero-order valence-electron chi connectivity index (χ0n) is 15.9. The van der Waals surface area contributed by atoms with Crippen LogP contribution in [-0.4, -0.2) is 60.9 Å². The van der Waals surface area contributed by atoms with Crippen molar-refractivity contribution in [2.75, 3.05) is 39.9 Å². The van der Waals surface area contributed by atoms with E-state index in [0.717, 1.165) is 44.2 Å². The Morgan fingerprint density at radius 1 is 1.32 bits per heavy atom. The van der Waals surface area contributed by atoms with Gasteiger partial charge in [0.05, 0.1) is 6.61 Å². The number of benzene rings is 1. The molecule has 2 aromatic rings. The molecule has 2 aliphatic heterocycles. The Morgan fingerprint density at radius 3 is 2.86 bits per heavy atom. The molecule has 0 amide bonds. The lowest BCUT2D eigenvalue weighted by Crippen LogP contribution is -2.42. The molecule has 0 saturated carbocycles. The molecule has 2 saturated heterocycles. The maximum absolute atomic E-state index is 5.92. The van der Waals surface area contributed by atoms with Crippen molar-refractivity contribution in [2.24, 2.45) is 10.4 Å². The predicted octanol–water partition coefficient (Wildman–Crippen LogP) is 3.24. The molecule has 3 heterocycles. The number of rotatable bonds is 4. The van der Waals surface area contributed by atoms with Crippen LogP contribution in [0, 0.1) is 5.41 Å². The number of aromatic nitrogens is 2. The van der Waals surface area contributed by atoms with Crippen LogP contribution in [0.25, 0.3) is 11.4 Å². The molecule has 0 aliphatic carbocycles. The van der Waals surface area contributed by atoms with Crippen LogP contribution in [-0.2, 0) is 11.2 Å². The van der Waals surface area contributed by atoms with Crippen molar-refractivity contribution in [1.82, 2.24) is 20.4 Å². The van der Waals surface area contributed by atoms with E-state index >= 15 is 0 Å². The lowest BCUT2D eigenvalue weighted by atomic mass is 9.87. The molecule has 1 unspecified atom stereocenters. The summed E-state index contributed by atoms with van der Waals surface area (Å²) in [5.41, 5.74) is 1.21. The Morgan fingerprint density at radius 2 is 2.14 bits per heavy atom. The van der Waals surface area contributed by atoms with Crippen LogP contribution in [0.15, 0.2) is 33.8 Å². The Hall–Kier alpha value is -1.39. The second kappa shape index (κ2) is 9.41. The van der Waals surface area contributed by atoms with Crippen LogP contribution in [0.2, 0.25) is 5.02 Å². The fourth-order valence-electron chi connectivity index (χ4n) is 3.77. The van der Waals surface area contributed by atoms with Gasteiger partial charge < -0.3 is 19.5 Å². The van der Waals surface area contributed by atoms with Crippen molar-refractivity contribution >= 4 is 41.5 Å². The molecule has 1 spiro atoms. The molecule has 2 fully saturated rings. The van der Waals surface area contributed by atoms with Gasteiger partial charge in [-0.25, -0.2) is 0 Å². The van der Waals surface area contributed by atoms with Crippen LogP contribution in [0.3, 0.4) is 0 Å². The number of likely N-dealkylation sites (tertiary alicyclic amines) is 1. The maximum atomic E-state index is 5.92. The molecule has 1 aromatic carbocycles. The van der Waals surface area contributed by atoms with E-state index in [4.69, 9.17) is 20.9 Å². The van der Waals surface area contributed by atoms with Gasteiger partial charge in [-0.3, -0.25) is 4.99 Å². The van der Waals surface area contributed by atoms with Crippen LogP contribution < -0.4 is 5.32 Å². The fraction of sp³-hybridized carbons (Fsp3) is 0.526. The van der Waals surface area contributed by atoms with E-state index in [2.05, 4.69) is 25.3 Å². The molecular formula is C19H25ClIN5O2. The third kappa shape index (κ3) is 4.77. The first-order valence-electron chi connectivity index (χ1n) is 9.29. The molecular weight excluding hydrogens is 493 g/mol. The van der Waals surface area contributed by atoms with E-state index in [-0.39, 0.29) is 24.0 Å². The third-order valence-corrected chi connectivity index (χ3v) is 5.58. The molecule has 4 rings (SSSR count). The summed E-state index contributed by atoms with van der Waals surface area (Å²) in [6.07, 6.45) is 2.96. The van der Waals surface area contributed by atoms with Gasteiger partial charge in [-0.1, -0.05) is 16.8 Å². The number of nitrogens with one attached hydrogen (secondary N) is 1. The first-order valence-corrected chi connectivity index (χ1v) is 9.67. The van der Waals surface area contributed by atoms with Gasteiger partial charge in [0, 0.05) is 55.7 Å². The van der Waals surface area contributed by atoms with Crippen molar-refractivity contribution in [3.63, 3.8) is 0 Å². The average Bonchev–Trinajstić information content (AvgIpc) is 3.42. The molecule has 1 aromatic heterocycles. The van der Waals surface area contributed by atoms with E-state index in [1.165, 1.54) is 6.42 Å². The summed E-state index contributed by atoms with van der Waals surface area (Å²) in [4.78, 5) is 11.2. The normalized spacial score (nSPS) is 21.9. The second-order valence-corrected chi connectivity index (χ2v) is 7.65. The smallest absolute Gasteiger partial charge is 0.228 e. The van der Waals surface area contributed by atoms with E-state index < -0.39 is 0 Å². The number of ether oxygens (including phenoxy) is 1. The van der Waals surface area contributed by atoms with Gasteiger partial charge in [-0.2, -0.15) is 4.98 Å². The molecule has 1 N–H and O–H groups in total. The Bertz CT molecular complexity index is 805. The zero-order valence-corrected chi connectivity index (χ0v) is 18.9. The zero-order chi connectivity index (χ0) is 18.7. The van der Waals surface area contributed by atoms with E-state index in [9.17, 15) is 0 Å². The summed E-state index contributed by atoms with van der Waals surface area (Å²) in [5.74, 6) is 2.11. The number of hydrogen-bond acceptors (Lipinski definition) is 5. The molecule has 0 radical (unpaired) electrons. The second-order valence-electron chi connectivity index (χ2n) is 7.22. The van der Waals surface area contributed by atoms with Crippen molar-refractivity contribution in [3.05, 3.63) is 35.2 Å². The number of aliphatic imine (C=N–C) groups is 1. The Labute approximate surface area is 186 Å². The number of guanidine groups is 1. The highest BCUT2D eigenvalue weighted by Gasteiger charge is 2.42. The van der Waals surface area contributed by atoms with Crippen molar-refractivity contribution in [3.8, 4) is 11.4 Å². The highest BCUT2D eigenvalue weighted by molar-refractivity contribution is 14.0. The van der Waals surface area contributed by atoms with Gasteiger partial charge in [-0.15, -0.1) is 24.0 Å². The van der Waals surface area contributed by atoms with E-state index in [1.54, 1.807) is 0 Å². The van der Waals surface area contributed by atoms with Crippen LogP contribution in [0.5, 0.6) is 0 Å². The maximum Gasteiger partial charge on any atom is 0.228 e. The van der Waals surface area contributed by atoms with E-state index in [1.807, 2.05) is 31.3 Å². The van der Waals surface area contributed by atoms with Gasteiger partial charge in [0.1, 0.15) is 0 Å². The molecule has 7 nitrogen and oxygen atoms in total. The molecule has 2 aliphatic rings. The molecule has 0 bridgehead atoms. The van der Waals surface area contributed by atoms with Crippen molar-refractivity contribution < 1.29 is 9.26 Å². The lowest BCUT2D eigenvalue weighted by molar-refractivity contribution is 0.156. The minimum Gasteiger partial charge on any atom is -0.381 e. The minimum absolute atomic E-state index is 0. The predicted molar refractivity (Wildman–Crippen MR) is 119 cm³/mol. The number of halogens is 2. The summed E-state index contributed by atoms with van der Waals surface area (Å²) < 4.78 is 11.0. The highest BCUT2D eigenvalue weighted by atomic mass is 127. The van der Waals surface area contributed by atoms with Crippen LogP contribution in [0.4, 0.5) is 0 Å². The first kappa shape index (κ1) is 21.3. The summed E-state index contributed by atoms with van der Waals surface area (Å²) in [5, 5.41) is 8.15. The number of nitrogens with zero attached hydrogens (tertiary/aromatic N) is 4. The quantitative estimate of drug-likeness (QED) is 0.381. The largest absolute Gasteiger partial charge is 0.381 e. The van der Waals surface area contributed by atoms with Gasteiger partial charge in [0.15, 0.2) is 5.96 Å². The van der Waals surface area contributed by atoms with Gasteiger partial charge in [-0.05, 0) is 37.1 Å². The SMILES string of the molecule is CN=C(NCCc1nc(-c2ccc(Cl)cc2)no1)N1CCC2(CCOC2)C1.I. The van der Waals surface area contributed by atoms with Crippen LogP contribution in [0.1, 0.15) is 18.7 Å². The number of hydrogen-bond donors (Lipinski definition) is 1. The monoisotopic (exact) mass is 517 g/mol. The molecule has 152 valence electrons. The van der Waals surface area contributed by atoms with E-state index in [0.29, 0.717) is 35.1 Å². The highest BCUT2D eigenvalue weighted by Crippen LogP contribution is 2.38. The van der Waals surface area contributed by atoms with Gasteiger partial charge in [0.25, 0.3) is 0 Å². The van der Waals surface area contributed by atoms with Gasteiger partial charge >= 0.3 is 0 Å². The first-order chi connectivity index (χ1) is 13.2. The Balaban J connectivity index is 0.00000225. The molecule has 28 heavy (non-hydrogen) atoms. The van der Waals surface area contributed by atoms with Crippen molar-refractivity contribution in [1.29, 1.82) is 0 Å². The summed E-state index contributed by atoms with van der Waals surface area (Å²) in [6, 6.07) is 7.40. The van der Waals surface area contributed by atoms with Crippen LogP contribution >= 0.6 is 35.6 Å². The summed E-state index contributed by atoms with van der Waals surface area (Å²) in [7, 11) is 1.82.